The molecule has 3 saturated heterocycles. The van der Waals surface area contributed by atoms with Crippen LogP contribution in [0.3, 0.4) is 0 Å². The number of carbonyl (C=O) groups excluding carboxylic acids is 1. The number of hydrogen-bond donors (Lipinski definition) is 0. The van der Waals surface area contributed by atoms with Crippen molar-refractivity contribution in [2.24, 2.45) is 0 Å². The Hall–Kier alpha value is -2.17. The Kier molecular flexibility index (Phi) is 5.79. The standard InChI is InChI=1S/C21H27FN4O2/c22-18-3-1-4-19(17(18)15-23)24-9-11-25(12-10-24)20-5-2-8-26(21(20)27)16-6-13-28-14-7-16/h1,3-4,16,20H,2,5-14H2/t20-/m1/s1. The molecule has 150 valence electrons. The van der Waals surface area contributed by atoms with Crippen molar-refractivity contribution >= 4 is 11.6 Å². The van der Waals surface area contributed by atoms with Gasteiger partial charge in [-0.1, -0.05) is 6.07 Å². The van der Waals surface area contributed by atoms with E-state index in [0.717, 1.165) is 58.5 Å². The number of halogens is 1. The van der Waals surface area contributed by atoms with E-state index in [9.17, 15) is 14.4 Å². The van der Waals surface area contributed by atoms with Gasteiger partial charge in [0, 0.05) is 52.0 Å². The summed E-state index contributed by atoms with van der Waals surface area (Å²) in [6.07, 6.45) is 3.81. The summed E-state index contributed by atoms with van der Waals surface area (Å²) in [7, 11) is 0. The van der Waals surface area contributed by atoms with Crippen molar-refractivity contribution in [3.8, 4) is 6.07 Å². The van der Waals surface area contributed by atoms with Gasteiger partial charge in [-0.3, -0.25) is 9.69 Å². The third kappa shape index (κ3) is 3.71. The first-order valence-corrected chi connectivity index (χ1v) is 10.2. The van der Waals surface area contributed by atoms with E-state index in [2.05, 4.69) is 14.7 Å². The molecule has 0 saturated carbocycles. The summed E-state index contributed by atoms with van der Waals surface area (Å²) in [6.45, 7) is 5.23. The van der Waals surface area contributed by atoms with Gasteiger partial charge in [0.25, 0.3) is 0 Å². The van der Waals surface area contributed by atoms with Crippen LogP contribution in [0.4, 0.5) is 10.1 Å². The van der Waals surface area contributed by atoms with E-state index in [1.54, 1.807) is 12.1 Å². The smallest absolute Gasteiger partial charge is 0.240 e. The van der Waals surface area contributed by atoms with Gasteiger partial charge in [-0.05, 0) is 37.8 Å². The number of rotatable bonds is 3. The Bertz CT molecular complexity index is 751. The summed E-state index contributed by atoms with van der Waals surface area (Å²) in [6, 6.07) is 7.02. The third-order valence-corrected chi connectivity index (χ3v) is 6.28. The Morgan fingerprint density at radius 1 is 1.07 bits per heavy atom. The van der Waals surface area contributed by atoms with E-state index >= 15 is 0 Å². The molecule has 1 aromatic carbocycles. The highest BCUT2D eigenvalue weighted by Gasteiger charge is 2.38. The number of ether oxygens (including phenoxy) is 1. The summed E-state index contributed by atoms with van der Waals surface area (Å²) >= 11 is 0. The molecule has 1 aromatic rings. The number of carbonyl (C=O) groups is 1. The fraction of sp³-hybridized carbons (Fsp3) is 0.619. The largest absolute Gasteiger partial charge is 0.381 e. The predicted octanol–water partition coefficient (Wildman–Crippen LogP) is 1.99. The second kappa shape index (κ2) is 8.46. The molecule has 3 heterocycles. The minimum absolute atomic E-state index is 0.0540. The van der Waals surface area contributed by atoms with Gasteiger partial charge in [0.1, 0.15) is 17.4 Å². The lowest BCUT2D eigenvalue weighted by atomic mass is 9.97. The molecule has 7 heteroatoms. The molecule has 3 fully saturated rings. The number of likely N-dealkylation sites (tertiary alicyclic amines) is 1. The van der Waals surface area contributed by atoms with Crippen LogP contribution in [-0.2, 0) is 9.53 Å². The zero-order chi connectivity index (χ0) is 19.5. The van der Waals surface area contributed by atoms with Gasteiger partial charge in [0.15, 0.2) is 0 Å². The maximum absolute atomic E-state index is 13.9. The number of nitrogens with zero attached hydrogens (tertiary/aromatic N) is 4. The van der Waals surface area contributed by atoms with Crippen LogP contribution >= 0.6 is 0 Å². The molecule has 1 amide bonds. The van der Waals surface area contributed by atoms with Gasteiger partial charge in [0.2, 0.25) is 5.91 Å². The van der Waals surface area contributed by atoms with Crippen molar-refractivity contribution in [1.29, 1.82) is 5.26 Å². The van der Waals surface area contributed by atoms with Gasteiger partial charge in [0.05, 0.1) is 11.7 Å². The van der Waals surface area contributed by atoms with Gasteiger partial charge >= 0.3 is 0 Å². The Labute approximate surface area is 165 Å². The lowest BCUT2D eigenvalue weighted by Crippen LogP contribution is -2.59. The summed E-state index contributed by atoms with van der Waals surface area (Å²) < 4.78 is 19.4. The number of anilines is 1. The quantitative estimate of drug-likeness (QED) is 0.795. The molecule has 6 nitrogen and oxygen atoms in total. The third-order valence-electron chi connectivity index (χ3n) is 6.28. The molecule has 0 aliphatic carbocycles. The Morgan fingerprint density at radius 3 is 2.54 bits per heavy atom. The highest BCUT2D eigenvalue weighted by Crippen LogP contribution is 2.27. The number of piperidine rings is 1. The highest BCUT2D eigenvalue weighted by molar-refractivity contribution is 5.83. The van der Waals surface area contributed by atoms with E-state index in [0.29, 0.717) is 24.8 Å². The highest BCUT2D eigenvalue weighted by atomic mass is 19.1. The number of hydrogen-bond acceptors (Lipinski definition) is 5. The predicted molar refractivity (Wildman–Crippen MR) is 103 cm³/mol. The maximum atomic E-state index is 13.9. The summed E-state index contributed by atoms with van der Waals surface area (Å²) in [5.74, 6) is -0.216. The molecule has 0 bridgehead atoms. The van der Waals surface area contributed by atoms with Crippen molar-refractivity contribution < 1.29 is 13.9 Å². The summed E-state index contributed by atoms with van der Waals surface area (Å²) in [5.41, 5.74) is 0.760. The van der Waals surface area contributed by atoms with Crippen LogP contribution in [0.25, 0.3) is 0 Å². The van der Waals surface area contributed by atoms with E-state index < -0.39 is 5.82 Å². The Balaban J connectivity index is 1.40. The molecule has 0 unspecified atom stereocenters. The van der Waals surface area contributed by atoms with Crippen molar-refractivity contribution in [2.45, 2.75) is 37.8 Å². The zero-order valence-corrected chi connectivity index (χ0v) is 16.1. The van der Waals surface area contributed by atoms with Crippen molar-refractivity contribution in [3.63, 3.8) is 0 Å². The maximum Gasteiger partial charge on any atom is 0.240 e. The van der Waals surface area contributed by atoms with Crippen LogP contribution in [0.2, 0.25) is 0 Å². The molecule has 3 aliphatic heterocycles. The Morgan fingerprint density at radius 2 is 1.82 bits per heavy atom. The molecule has 0 spiro atoms. The minimum Gasteiger partial charge on any atom is -0.381 e. The second-order valence-electron chi connectivity index (χ2n) is 7.80. The molecule has 3 aliphatic rings. The van der Waals surface area contributed by atoms with Gasteiger partial charge in [-0.2, -0.15) is 5.26 Å². The van der Waals surface area contributed by atoms with E-state index in [-0.39, 0.29) is 17.5 Å². The molecular formula is C21H27FN4O2. The topological polar surface area (TPSA) is 59.8 Å². The van der Waals surface area contributed by atoms with Crippen LogP contribution in [0.5, 0.6) is 0 Å². The molecule has 0 N–H and O–H groups in total. The van der Waals surface area contributed by atoms with Crippen molar-refractivity contribution in [1.82, 2.24) is 9.80 Å². The van der Waals surface area contributed by atoms with Crippen molar-refractivity contribution in [3.05, 3.63) is 29.6 Å². The number of piperazine rings is 1. The van der Waals surface area contributed by atoms with Crippen molar-refractivity contribution in [2.75, 3.05) is 50.8 Å². The van der Waals surface area contributed by atoms with E-state index in [1.165, 1.54) is 6.07 Å². The molecule has 1 atom stereocenters. The lowest BCUT2D eigenvalue weighted by Gasteiger charge is -2.45. The molecule has 4 rings (SSSR count). The van der Waals surface area contributed by atoms with Gasteiger partial charge in [-0.15, -0.1) is 0 Å². The average molecular weight is 386 g/mol. The SMILES string of the molecule is N#Cc1c(F)cccc1N1CCN([C@@H]2CCCN(C3CCOCC3)C2=O)CC1. The van der Waals surface area contributed by atoms with E-state index in [1.807, 2.05) is 6.07 Å². The molecular weight excluding hydrogens is 359 g/mol. The van der Waals surface area contributed by atoms with E-state index in [4.69, 9.17) is 4.74 Å². The van der Waals surface area contributed by atoms with Crippen LogP contribution in [0, 0.1) is 17.1 Å². The first-order valence-electron chi connectivity index (χ1n) is 10.2. The van der Waals surface area contributed by atoms with Crippen LogP contribution in [-0.4, -0.2) is 73.7 Å². The molecule has 0 aromatic heterocycles. The van der Waals surface area contributed by atoms with Crippen LogP contribution in [0.1, 0.15) is 31.2 Å². The van der Waals surface area contributed by atoms with Gasteiger partial charge in [-0.25, -0.2) is 4.39 Å². The van der Waals surface area contributed by atoms with Gasteiger partial charge < -0.3 is 14.5 Å². The first-order chi connectivity index (χ1) is 13.7. The second-order valence-corrected chi connectivity index (χ2v) is 7.80. The molecule has 0 radical (unpaired) electrons. The number of nitriles is 1. The van der Waals surface area contributed by atoms with Crippen LogP contribution < -0.4 is 4.90 Å². The number of benzene rings is 1. The first kappa shape index (κ1) is 19.2. The minimum atomic E-state index is -0.475. The average Bonchev–Trinajstić information content (AvgIpc) is 2.74. The normalized spacial score (nSPS) is 25.0. The fourth-order valence-corrected chi connectivity index (χ4v) is 4.74. The number of amides is 1. The molecule has 28 heavy (non-hydrogen) atoms. The fourth-order valence-electron chi connectivity index (χ4n) is 4.74. The summed E-state index contributed by atoms with van der Waals surface area (Å²) in [4.78, 5) is 19.6. The monoisotopic (exact) mass is 386 g/mol. The summed E-state index contributed by atoms with van der Waals surface area (Å²) in [5, 5.41) is 9.29. The van der Waals surface area contributed by atoms with Crippen LogP contribution in [0.15, 0.2) is 18.2 Å². The zero-order valence-electron chi connectivity index (χ0n) is 16.1. The lowest BCUT2D eigenvalue weighted by molar-refractivity contribution is -0.145.